The Balaban J connectivity index is 2.20. The molecule has 2 nitrogen and oxygen atoms in total. The van der Waals surface area contributed by atoms with Crippen molar-refractivity contribution in [2.45, 2.75) is 37.1 Å². The van der Waals surface area contributed by atoms with E-state index in [0.717, 1.165) is 36.4 Å². The summed E-state index contributed by atoms with van der Waals surface area (Å²) >= 11 is 9.48. The van der Waals surface area contributed by atoms with Gasteiger partial charge in [-0.15, -0.1) is 0 Å². The zero-order valence-corrected chi connectivity index (χ0v) is 12.7. The highest BCUT2D eigenvalue weighted by atomic mass is 79.9. The maximum Gasteiger partial charge on any atom is 0.236 e. The SMILES string of the molecule is CCC(Br)C(=O)N1CCCC1c1cccc(Cl)c1. The van der Waals surface area contributed by atoms with Crippen molar-refractivity contribution in [2.75, 3.05) is 6.54 Å². The van der Waals surface area contributed by atoms with E-state index in [1.807, 2.05) is 30.0 Å². The Morgan fingerprint density at radius 1 is 1.61 bits per heavy atom. The third-order valence-corrected chi connectivity index (χ3v) is 4.67. The number of hydrogen-bond donors (Lipinski definition) is 0. The van der Waals surface area contributed by atoms with Gasteiger partial charge in [0.05, 0.1) is 10.9 Å². The molecule has 0 aliphatic carbocycles. The molecule has 0 spiro atoms. The highest BCUT2D eigenvalue weighted by Crippen LogP contribution is 2.34. The highest BCUT2D eigenvalue weighted by Gasteiger charge is 2.32. The normalized spacial score (nSPS) is 21.1. The second kappa shape index (κ2) is 6.07. The van der Waals surface area contributed by atoms with Crippen LogP contribution < -0.4 is 0 Å². The van der Waals surface area contributed by atoms with E-state index in [0.29, 0.717) is 0 Å². The van der Waals surface area contributed by atoms with Gasteiger partial charge in [-0.3, -0.25) is 4.79 Å². The zero-order valence-electron chi connectivity index (χ0n) is 10.4. The van der Waals surface area contributed by atoms with Gasteiger partial charge in [-0.2, -0.15) is 0 Å². The molecule has 2 unspecified atom stereocenters. The molecule has 0 aromatic heterocycles. The third-order valence-electron chi connectivity index (χ3n) is 3.40. The minimum absolute atomic E-state index is 0.0720. The summed E-state index contributed by atoms with van der Waals surface area (Å²) in [6.45, 7) is 2.86. The van der Waals surface area contributed by atoms with Crippen molar-refractivity contribution in [2.24, 2.45) is 0 Å². The van der Waals surface area contributed by atoms with Gasteiger partial charge in [0.1, 0.15) is 0 Å². The Bertz CT molecular complexity index is 438. The Labute approximate surface area is 121 Å². The van der Waals surface area contributed by atoms with Crippen molar-refractivity contribution in [3.05, 3.63) is 34.9 Å². The summed E-state index contributed by atoms with van der Waals surface area (Å²) in [6.07, 6.45) is 2.90. The lowest BCUT2D eigenvalue weighted by atomic mass is 10.0. The minimum Gasteiger partial charge on any atom is -0.335 e. The molecule has 1 saturated heterocycles. The van der Waals surface area contributed by atoms with E-state index < -0.39 is 0 Å². The third kappa shape index (κ3) is 2.89. The topological polar surface area (TPSA) is 20.3 Å². The summed E-state index contributed by atoms with van der Waals surface area (Å²) in [5, 5.41) is 0.734. The van der Waals surface area contributed by atoms with Crippen LogP contribution in [0.1, 0.15) is 37.8 Å². The van der Waals surface area contributed by atoms with Gasteiger partial charge in [-0.05, 0) is 37.0 Å². The van der Waals surface area contributed by atoms with Crippen LogP contribution in [0.5, 0.6) is 0 Å². The molecule has 1 aliphatic heterocycles. The van der Waals surface area contributed by atoms with Gasteiger partial charge in [-0.1, -0.05) is 46.6 Å². The number of benzene rings is 1. The van der Waals surface area contributed by atoms with Crippen LogP contribution in [0.4, 0.5) is 0 Å². The molecule has 18 heavy (non-hydrogen) atoms. The lowest BCUT2D eigenvalue weighted by molar-refractivity contribution is -0.131. The van der Waals surface area contributed by atoms with Crippen molar-refractivity contribution in [3.63, 3.8) is 0 Å². The first kappa shape index (κ1) is 13.9. The van der Waals surface area contributed by atoms with Gasteiger partial charge in [0, 0.05) is 11.6 Å². The first-order chi connectivity index (χ1) is 8.63. The average Bonchev–Trinajstić information content (AvgIpc) is 2.86. The van der Waals surface area contributed by atoms with E-state index in [1.54, 1.807) is 0 Å². The molecule has 0 saturated carbocycles. The first-order valence-electron chi connectivity index (χ1n) is 6.33. The van der Waals surface area contributed by atoms with Crippen LogP contribution in [0.25, 0.3) is 0 Å². The van der Waals surface area contributed by atoms with Crippen LogP contribution in [0.3, 0.4) is 0 Å². The number of rotatable bonds is 3. The summed E-state index contributed by atoms with van der Waals surface area (Å²) < 4.78 is 0. The largest absolute Gasteiger partial charge is 0.335 e. The molecule has 0 radical (unpaired) electrons. The summed E-state index contributed by atoms with van der Waals surface area (Å²) in [5.41, 5.74) is 1.14. The van der Waals surface area contributed by atoms with Crippen LogP contribution in [-0.4, -0.2) is 22.2 Å². The van der Waals surface area contributed by atoms with Gasteiger partial charge in [0.25, 0.3) is 0 Å². The molecule has 98 valence electrons. The van der Waals surface area contributed by atoms with E-state index >= 15 is 0 Å². The molecule has 4 heteroatoms. The van der Waals surface area contributed by atoms with E-state index in [-0.39, 0.29) is 16.8 Å². The van der Waals surface area contributed by atoms with Crippen LogP contribution in [0.2, 0.25) is 5.02 Å². The van der Waals surface area contributed by atoms with Crippen molar-refractivity contribution < 1.29 is 4.79 Å². The van der Waals surface area contributed by atoms with Crippen molar-refractivity contribution in [1.29, 1.82) is 0 Å². The van der Waals surface area contributed by atoms with Gasteiger partial charge >= 0.3 is 0 Å². The van der Waals surface area contributed by atoms with E-state index in [4.69, 9.17) is 11.6 Å². The summed E-state index contributed by atoms with van der Waals surface area (Å²) in [5.74, 6) is 0.194. The maximum atomic E-state index is 12.3. The molecule has 2 atom stereocenters. The van der Waals surface area contributed by atoms with Crippen LogP contribution >= 0.6 is 27.5 Å². The van der Waals surface area contributed by atoms with Crippen LogP contribution in [-0.2, 0) is 4.79 Å². The molecule has 1 aromatic carbocycles. The highest BCUT2D eigenvalue weighted by molar-refractivity contribution is 9.10. The fourth-order valence-corrected chi connectivity index (χ4v) is 2.91. The standard InChI is InChI=1S/C14H17BrClNO/c1-2-12(15)14(18)17-8-4-7-13(17)10-5-3-6-11(16)9-10/h3,5-6,9,12-13H,2,4,7-8H2,1H3. The first-order valence-corrected chi connectivity index (χ1v) is 7.63. The monoisotopic (exact) mass is 329 g/mol. The van der Waals surface area contributed by atoms with E-state index in [2.05, 4.69) is 22.0 Å². The Kier molecular flexibility index (Phi) is 4.68. The molecule has 0 bridgehead atoms. The van der Waals surface area contributed by atoms with Crippen LogP contribution in [0.15, 0.2) is 24.3 Å². The van der Waals surface area contributed by atoms with E-state index in [1.165, 1.54) is 0 Å². The van der Waals surface area contributed by atoms with Gasteiger partial charge < -0.3 is 4.90 Å². The lowest BCUT2D eigenvalue weighted by Crippen LogP contribution is -2.35. The number of nitrogens with zero attached hydrogens (tertiary/aromatic N) is 1. The van der Waals surface area contributed by atoms with Crippen molar-refractivity contribution in [3.8, 4) is 0 Å². The predicted octanol–water partition coefficient (Wildman–Crippen LogP) is 4.18. The molecular weight excluding hydrogens is 314 g/mol. The number of carbonyl (C=O) groups is 1. The summed E-state index contributed by atoms with van der Waals surface area (Å²) in [6, 6.07) is 8.02. The van der Waals surface area contributed by atoms with Crippen molar-refractivity contribution >= 4 is 33.4 Å². The molecule has 1 aliphatic rings. The smallest absolute Gasteiger partial charge is 0.236 e. The fourth-order valence-electron chi connectivity index (χ4n) is 2.45. The van der Waals surface area contributed by atoms with Gasteiger partial charge in [0.2, 0.25) is 5.91 Å². The number of amides is 1. The second-order valence-electron chi connectivity index (χ2n) is 4.62. The van der Waals surface area contributed by atoms with Crippen LogP contribution in [0, 0.1) is 0 Å². The number of alkyl halides is 1. The molecule has 0 N–H and O–H groups in total. The summed E-state index contributed by atoms with van der Waals surface area (Å²) in [4.78, 5) is 14.2. The number of halogens is 2. The second-order valence-corrected chi connectivity index (χ2v) is 6.16. The molecule has 2 rings (SSSR count). The number of hydrogen-bond acceptors (Lipinski definition) is 1. The molecule has 1 heterocycles. The number of likely N-dealkylation sites (tertiary alicyclic amines) is 1. The van der Waals surface area contributed by atoms with E-state index in [9.17, 15) is 4.79 Å². The predicted molar refractivity (Wildman–Crippen MR) is 78.1 cm³/mol. The van der Waals surface area contributed by atoms with Gasteiger partial charge in [-0.25, -0.2) is 0 Å². The van der Waals surface area contributed by atoms with Gasteiger partial charge in [0.15, 0.2) is 0 Å². The Morgan fingerprint density at radius 2 is 2.39 bits per heavy atom. The van der Waals surface area contributed by atoms with Crippen molar-refractivity contribution in [1.82, 2.24) is 4.90 Å². The lowest BCUT2D eigenvalue weighted by Gasteiger charge is -2.27. The molecular formula is C14H17BrClNO. The number of carbonyl (C=O) groups excluding carboxylic acids is 1. The quantitative estimate of drug-likeness (QED) is 0.761. The molecule has 1 aromatic rings. The summed E-state index contributed by atoms with van der Waals surface area (Å²) in [7, 11) is 0. The Hall–Kier alpha value is -0.540. The Morgan fingerprint density at radius 3 is 3.06 bits per heavy atom. The molecule has 1 fully saturated rings. The maximum absolute atomic E-state index is 12.3. The average molecular weight is 331 g/mol. The fraction of sp³-hybridized carbons (Fsp3) is 0.500. The zero-order chi connectivity index (χ0) is 13.1. The minimum atomic E-state index is -0.0720. The molecule has 1 amide bonds.